The number of rotatable bonds is 2. The van der Waals surface area contributed by atoms with E-state index in [1.165, 1.54) is 48.3 Å². The van der Waals surface area contributed by atoms with Crippen LogP contribution in [0.5, 0.6) is 0 Å². The molecular weight excluding hydrogens is 551 g/mol. The molecule has 0 saturated heterocycles. The third kappa shape index (κ3) is 8.95. The van der Waals surface area contributed by atoms with Gasteiger partial charge in [-0.3, -0.25) is 0 Å². The first kappa shape index (κ1) is 32.6. The Labute approximate surface area is 258 Å². The van der Waals surface area contributed by atoms with Crippen molar-refractivity contribution in [2.24, 2.45) is 0 Å². The molecule has 0 fully saturated rings. The van der Waals surface area contributed by atoms with E-state index in [0.29, 0.717) is 5.41 Å². The predicted molar refractivity (Wildman–Crippen MR) is 155 cm³/mol. The minimum Gasteiger partial charge on any atom is -0.179 e. The van der Waals surface area contributed by atoms with Crippen molar-refractivity contribution in [2.75, 3.05) is 0 Å². The van der Waals surface area contributed by atoms with Gasteiger partial charge in [-0.25, -0.2) is 6.07 Å². The molecule has 39 heavy (non-hydrogen) atoms. The number of fused-ring (bicyclic) bond motifs is 3. The summed E-state index contributed by atoms with van der Waals surface area (Å²) in [6.45, 7) is 8.85. The molecule has 0 radical (unpaired) electrons. The van der Waals surface area contributed by atoms with Crippen LogP contribution in [0.3, 0.4) is 0 Å². The molecule has 0 N–H and O–H groups in total. The Balaban J connectivity index is 0.000000203. The maximum absolute atomic E-state index is 3.30. The Morgan fingerprint density at radius 3 is 1.79 bits per heavy atom. The topological polar surface area (TPSA) is 0 Å². The molecule has 0 nitrogen and oxygen atoms in total. The molecule has 0 spiro atoms. The van der Waals surface area contributed by atoms with Crippen LogP contribution >= 0.6 is 0 Å². The molecule has 0 amide bonds. The van der Waals surface area contributed by atoms with Gasteiger partial charge in [-0.15, -0.1) is 5.56 Å². The van der Waals surface area contributed by atoms with Gasteiger partial charge in [-0.2, -0.15) is 53.1 Å². The van der Waals surface area contributed by atoms with Gasteiger partial charge in [-0.1, -0.05) is 68.5 Å². The summed E-state index contributed by atoms with van der Waals surface area (Å²) in [7, 11) is 0. The van der Waals surface area contributed by atoms with Gasteiger partial charge in [0.2, 0.25) is 0 Å². The summed E-state index contributed by atoms with van der Waals surface area (Å²) < 4.78 is 1.33. The Hall–Kier alpha value is -2.61. The summed E-state index contributed by atoms with van der Waals surface area (Å²) in [5.74, 6) is 0. The normalized spacial score (nSPS) is 10.7. The summed E-state index contributed by atoms with van der Waals surface area (Å²) in [6, 6.07) is 45.7. The standard InChI is InChI=1S/C13H9.C13H10.C10H15.2ClH.Ti/c1-3-7-12-10(5-1)9-11-6-2-4-8-13(11)12;1-3-7-12(8-4-1)11-13-9-5-2-6-10-13;1-8-5-6-9(7-8)10(2,3)4;;;/h1-5,7-8H,9H2;1-10H;5-7H,1-4H3;2*1H;/q-1;;-1;;;+2/p-2. The van der Waals surface area contributed by atoms with E-state index in [9.17, 15) is 0 Å². The van der Waals surface area contributed by atoms with Crippen LogP contribution in [-0.4, -0.2) is 3.81 Å². The molecular formula is C36H34Cl2Ti-2. The second-order valence-electron chi connectivity index (χ2n) is 10.4. The minimum absolute atomic E-state index is 0. The molecule has 0 unspecified atom stereocenters. The zero-order valence-corrected chi connectivity index (χ0v) is 26.1. The van der Waals surface area contributed by atoms with Gasteiger partial charge in [0, 0.05) is 0 Å². The van der Waals surface area contributed by atoms with Gasteiger partial charge in [0.05, 0.1) is 0 Å². The summed E-state index contributed by atoms with van der Waals surface area (Å²) >= 11 is 2.16. The van der Waals surface area contributed by atoms with Crippen LogP contribution in [0.2, 0.25) is 0 Å². The van der Waals surface area contributed by atoms with Gasteiger partial charge >= 0.3 is 95.6 Å². The second kappa shape index (κ2) is 15.3. The van der Waals surface area contributed by atoms with E-state index >= 15 is 0 Å². The van der Waals surface area contributed by atoms with Crippen molar-refractivity contribution < 1.29 is 44.8 Å². The van der Waals surface area contributed by atoms with Crippen molar-refractivity contribution in [3.05, 3.63) is 161 Å². The van der Waals surface area contributed by atoms with E-state index in [2.05, 4.69) is 157 Å². The zero-order valence-electron chi connectivity index (χ0n) is 23.0. The van der Waals surface area contributed by atoms with Gasteiger partial charge < -0.3 is 24.8 Å². The molecule has 5 aromatic carbocycles. The number of hydrogen-bond donors (Lipinski definition) is 0. The number of halogens is 2. The fourth-order valence-electron chi connectivity index (χ4n) is 4.40. The first-order chi connectivity index (χ1) is 17.8. The van der Waals surface area contributed by atoms with E-state index in [-0.39, 0.29) is 24.8 Å². The second-order valence-corrected chi connectivity index (χ2v) is 11.2. The van der Waals surface area contributed by atoms with E-state index in [4.69, 9.17) is 0 Å². The fourth-order valence-corrected chi connectivity index (χ4v) is 4.92. The van der Waals surface area contributed by atoms with Crippen LogP contribution in [0, 0.1) is 13.0 Å². The molecule has 0 atom stereocenters. The third-order valence-electron chi connectivity index (χ3n) is 6.52. The SMILES string of the molecule is Cc1cc(C(C)(C)C)c[cH-]1.[Cl-].[Cl-].[Ti+2]=[C](c1ccccc1)c1ccccc1.[c-]1cccc2c1Cc1ccccc1-2. The van der Waals surface area contributed by atoms with Crippen LogP contribution in [0.25, 0.3) is 11.1 Å². The van der Waals surface area contributed by atoms with Crippen molar-refractivity contribution in [3.63, 3.8) is 0 Å². The molecule has 3 heteroatoms. The van der Waals surface area contributed by atoms with Crippen molar-refractivity contribution in [2.45, 2.75) is 39.5 Å². The van der Waals surface area contributed by atoms with Crippen LogP contribution in [-0.2, 0) is 31.8 Å². The molecule has 1 aliphatic carbocycles. The van der Waals surface area contributed by atoms with E-state index < -0.39 is 0 Å². The first-order valence-corrected chi connectivity index (χ1v) is 13.6. The minimum atomic E-state index is 0. The van der Waals surface area contributed by atoms with Crippen LogP contribution in [0.15, 0.2) is 121 Å². The van der Waals surface area contributed by atoms with Crippen LogP contribution < -0.4 is 24.8 Å². The van der Waals surface area contributed by atoms with Gasteiger partial charge in [0.1, 0.15) is 0 Å². The molecule has 6 rings (SSSR count). The van der Waals surface area contributed by atoms with Gasteiger partial charge in [0.15, 0.2) is 0 Å². The summed E-state index contributed by atoms with van der Waals surface area (Å²) in [4.78, 5) is 0. The van der Waals surface area contributed by atoms with Gasteiger partial charge in [0.25, 0.3) is 0 Å². The summed E-state index contributed by atoms with van der Waals surface area (Å²) in [5, 5.41) is 0. The van der Waals surface area contributed by atoms with Crippen molar-refractivity contribution >= 4 is 3.81 Å². The molecule has 0 saturated carbocycles. The Bertz CT molecular complexity index is 1360. The Kier molecular flexibility index (Phi) is 12.8. The summed E-state index contributed by atoms with van der Waals surface area (Å²) in [6.07, 6.45) is 1.05. The monoisotopic (exact) mass is 584 g/mol. The number of aryl methyl sites for hydroxylation is 1. The average molecular weight is 585 g/mol. The Morgan fingerprint density at radius 1 is 0.744 bits per heavy atom. The molecule has 0 aromatic heterocycles. The van der Waals surface area contributed by atoms with Crippen LogP contribution in [0.4, 0.5) is 0 Å². The van der Waals surface area contributed by atoms with Crippen molar-refractivity contribution in [1.82, 2.24) is 0 Å². The quantitative estimate of drug-likeness (QED) is 0.217. The van der Waals surface area contributed by atoms with E-state index in [1.54, 1.807) is 0 Å². The van der Waals surface area contributed by atoms with Crippen molar-refractivity contribution in [1.29, 1.82) is 0 Å². The predicted octanol–water partition coefficient (Wildman–Crippen LogP) is 2.88. The smallest absolute Gasteiger partial charge is 0.0253 e. The van der Waals surface area contributed by atoms with Crippen LogP contribution in [0.1, 0.15) is 54.2 Å². The Morgan fingerprint density at radius 2 is 1.28 bits per heavy atom. The molecule has 5 aromatic rings. The molecule has 0 aliphatic heterocycles. The molecule has 1 aliphatic rings. The largest absolute Gasteiger partial charge is 0.179 e. The fraction of sp³-hybridized carbons (Fsp3) is 0.167. The number of benzene rings is 4. The third-order valence-corrected chi connectivity index (χ3v) is 7.42. The molecule has 198 valence electrons. The first-order valence-electron chi connectivity index (χ1n) is 12.8. The zero-order chi connectivity index (χ0) is 26.3. The van der Waals surface area contributed by atoms with Gasteiger partial charge in [-0.05, 0) is 6.42 Å². The molecule has 0 bridgehead atoms. The summed E-state index contributed by atoms with van der Waals surface area (Å²) in [5.41, 5.74) is 11.2. The average Bonchev–Trinajstić information content (AvgIpc) is 3.54. The van der Waals surface area contributed by atoms with E-state index in [0.717, 1.165) is 6.42 Å². The molecule has 0 heterocycles. The maximum atomic E-state index is 3.30. The van der Waals surface area contributed by atoms with E-state index in [1.807, 2.05) is 18.2 Å². The van der Waals surface area contributed by atoms with Crippen molar-refractivity contribution in [3.8, 4) is 11.1 Å². The maximum Gasteiger partial charge on any atom is -0.0253 e. The number of hydrogen-bond acceptors (Lipinski definition) is 0.